The molecule has 110 valence electrons. The van der Waals surface area contributed by atoms with Gasteiger partial charge in [0.15, 0.2) is 0 Å². The number of carbonyl (C=O) groups is 2. The van der Waals surface area contributed by atoms with Crippen LogP contribution >= 0.6 is 0 Å². The van der Waals surface area contributed by atoms with Gasteiger partial charge in [-0.2, -0.15) is 0 Å². The van der Waals surface area contributed by atoms with E-state index in [1.807, 2.05) is 17.6 Å². The molecule has 2 aromatic rings. The second kappa shape index (κ2) is 4.91. The maximum Gasteiger partial charge on any atom is 0.337 e. The molecule has 0 aliphatic carbocycles. The van der Waals surface area contributed by atoms with Crippen LogP contribution in [0.2, 0.25) is 0 Å². The van der Waals surface area contributed by atoms with Crippen LogP contribution in [0.4, 0.5) is 0 Å². The van der Waals surface area contributed by atoms with Crippen molar-refractivity contribution in [1.29, 1.82) is 0 Å². The van der Waals surface area contributed by atoms with Crippen LogP contribution in [0.15, 0.2) is 18.2 Å². The number of hydrogen-bond donors (Lipinski definition) is 1. The fourth-order valence-corrected chi connectivity index (χ4v) is 3.24. The molecule has 0 unspecified atom stereocenters. The highest BCUT2D eigenvalue weighted by molar-refractivity contribution is 6.08. The molecule has 1 aliphatic heterocycles. The molecule has 0 radical (unpaired) electrons. The summed E-state index contributed by atoms with van der Waals surface area (Å²) in [4.78, 5) is 25.8. The second-order valence-electron chi connectivity index (χ2n) is 5.41. The van der Waals surface area contributed by atoms with Crippen molar-refractivity contribution >= 4 is 22.8 Å². The van der Waals surface area contributed by atoms with Crippen LogP contribution in [-0.4, -0.2) is 40.0 Å². The number of carbonyl (C=O) groups excluding carboxylic acids is 1. The molecule has 21 heavy (non-hydrogen) atoms. The van der Waals surface area contributed by atoms with Gasteiger partial charge in [0.2, 0.25) is 0 Å². The average molecular weight is 286 g/mol. The topological polar surface area (TPSA) is 62.5 Å². The quantitative estimate of drug-likeness (QED) is 0.922. The molecule has 0 atom stereocenters. The van der Waals surface area contributed by atoms with Gasteiger partial charge in [-0.25, -0.2) is 4.79 Å². The van der Waals surface area contributed by atoms with Gasteiger partial charge in [0.05, 0.1) is 11.1 Å². The molecule has 1 aliphatic rings. The number of aryl methyl sites for hydroxylation is 2. The summed E-state index contributed by atoms with van der Waals surface area (Å²) in [6.07, 6.45) is 1.70. The largest absolute Gasteiger partial charge is 0.478 e. The van der Waals surface area contributed by atoms with Gasteiger partial charge in [-0.15, -0.1) is 0 Å². The van der Waals surface area contributed by atoms with Gasteiger partial charge in [0.1, 0.15) is 5.69 Å². The minimum absolute atomic E-state index is 0.0168. The number of carboxylic acid groups (broad SMARTS) is 1. The lowest BCUT2D eigenvalue weighted by Gasteiger charge is -2.16. The second-order valence-corrected chi connectivity index (χ2v) is 5.41. The molecular weight excluding hydrogens is 268 g/mol. The number of carboxylic acids is 1. The summed E-state index contributed by atoms with van der Waals surface area (Å²) in [5, 5.41) is 10.3. The third-order valence-electron chi connectivity index (χ3n) is 4.20. The Morgan fingerprint density at radius 1 is 1.38 bits per heavy atom. The number of benzene rings is 1. The van der Waals surface area contributed by atoms with E-state index in [-0.39, 0.29) is 11.5 Å². The summed E-state index contributed by atoms with van der Waals surface area (Å²) in [7, 11) is 1.80. The Morgan fingerprint density at radius 2 is 2.14 bits per heavy atom. The van der Waals surface area contributed by atoms with Crippen LogP contribution in [-0.2, 0) is 13.0 Å². The number of amides is 1. The molecule has 5 nitrogen and oxygen atoms in total. The van der Waals surface area contributed by atoms with Crippen molar-refractivity contribution in [2.75, 3.05) is 13.6 Å². The van der Waals surface area contributed by atoms with Crippen LogP contribution in [0, 0.1) is 0 Å². The monoisotopic (exact) mass is 286 g/mol. The molecule has 5 heteroatoms. The van der Waals surface area contributed by atoms with E-state index in [2.05, 4.69) is 0 Å². The van der Waals surface area contributed by atoms with Crippen LogP contribution in [0.25, 0.3) is 10.9 Å². The predicted molar refractivity (Wildman–Crippen MR) is 79.9 cm³/mol. The van der Waals surface area contributed by atoms with E-state index < -0.39 is 5.97 Å². The molecule has 0 saturated carbocycles. The molecule has 0 bridgehead atoms. The third-order valence-corrected chi connectivity index (χ3v) is 4.20. The Morgan fingerprint density at radius 3 is 2.81 bits per heavy atom. The highest BCUT2D eigenvalue weighted by Crippen LogP contribution is 2.32. The first-order valence-corrected chi connectivity index (χ1v) is 7.19. The molecule has 3 rings (SSSR count). The number of aromatic nitrogens is 1. The van der Waals surface area contributed by atoms with Gasteiger partial charge >= 0.3 is 5.97 Å². The normalized spacial score (nSPS) is 15.1. The minimum atomic E-state index is -0.955. The van der Waals surface area contributed by atoms with Crippen LogP contribution in [0.3, 0.4) is 0 Å². The number of aromatic carboxylic acids is 1. The highest BCUT2D eigenvalue weighted by Gasteiger charge is 2.28. The van der Waals surface area contributed by atoms with Gasteiger partial charge in [0.25, 0.3) is 5.91 Å². The highest BCUT2D eigenvalue weighted by atomic mass is 16.4. The first kappa shape index (κ1) is 13.7. The maximum absolute atomic E-state index is 12.6. The Balaban J connectivity index is 2.42. The van der Waals surface area contributed by atoms with Crippen LogP contribution < -0.4 is 0 Å². The summed E-state index contributed by atoms with van der Waals surface area (Å²) in [6.45, 7) is 3.25. The van der Waals surface area contributed by atoms with Crippen molar-refractivity contribution in [3.63, 3.8) is 0 Å². The Bertz CT molecular complexity index is 746. The first-order valence-electron chi connectivity index (χ1n) is 7.19. The molecule has 1 aromatic carbocycles. The zero-order chi connectivity index (χ0) is 15.1. The smallest absolute Gasteiger partial charge is 0.337 e. The van der Waals surface area contributed by atoms with Crippen molar-refractivity contribution in [3.8, 4) is 0 Å². The van der Waals surface area contributed by atoms with Gasteiger partial charge in [-0.1, -0.05) is 12.1 Å². The van der Waals surface area contributed by atoms with Gasteiger partial charge in [-0.3, -0.25) is 4.79 Å². The van der Waals surface area contributed by atoms with Gasteiger partial charge in [-0.05, 0) is 31.4 Å². The number of para-hydroxylation sites is 1. The van der Waals surface area contributed by atoms with Crippen LogP contribution in [0.5, 0.6) is 0 Å². The Kier molecular flexibility index (Phi) is 3.20. The van der Waals surface area contributed by atoms with E-state index >= 15 is 0 Å². The molecule has 1 amide bonds. The summed E-state index contributed by atoms with van der Waals surface area (Å²) in [5.41, 5.74) is 2.57. The SMILES string of the molecule is CCn1c2c(c3cccc(C(=O)O)c31)CCCN(C)C2=O. The molecule has 1 aromatic heterocycles. The standard InChI is InChI=1S/C16H18N2O3/c1-3-18-13-10(6-4-7-12(13)16(20)21)11-8-5-9-17(2)15(19)14(11)18/h4,6-7H,3,5,8-9H2,1-2H3,(H,20,21). The van der Waals surface area contributed by atoms with Crippen molar-refractivity contribution < 1.29 is 14.7 Å². The molecular formula is C16H18N2O3. The van der Waals surface area contributed by atoms with Crippen molar-refractivity contribution in [1.82, 2.24) is 9.47 Å². The van der Waals surface area contributed by atoms with Crippen molar-refractivity contribution in [2.24, 2.45) is 0 Å². The van der Waals surface area contributed by atoms with E-state index in [0.29, 0.717) is 17.8 Å². The van der Waals surface area contributed by atoms with Gasteiger partial charge < -0.3 is 14.6 Å². The van der Waals surface area contributed by atoms with Crippen molar-refractivity contribution in [2.45, 2.75) is 26.3 Å². The van der Waals surface area contributed by atoms with Gasteiger partial charge in [0, 0.05) is 25.5 Å². The molecule has 0 spiro atoms. The lowest BCUT2D eigenvalue weighted by atomic mass is 10.0. The maximum atomic E-state index is 12.6. The predicted octanol–water partition coefficient (Wildman–Crippen LogP) is 2.38. The molecule has 2 heterocycles. The fraction of sp³-hybridized carbons (Fsp3) is 0.375. The lowest BCUT2D eigenvalue weighted by Crippen LogP contribution is -2.28. The van der Waals surface area contributed by atoms with Crippen LogP contribution in [0.1, 0.15) is 39.8 Å². The Hall–Kier alpha value is -2.30. The van der Waals surface area contributed by atoms with E-state index in [1.54, 1.807) is 24.1 Å². The summed E-state index contributed by atoms with van der Waals surface area (Å²) in [6, 6.07) is 5.28. The molecule has 1 N–H and O–H groups in total. The van der Waals surface area contributed by atoms with E-state index in [1.165, 1.54) is 0 Å². The lowest BCUT2D eigenvalue weighted by molar-refractivity contribution is 0.0697. The number of fused-ring (bicyclic) bond motifs is 3. The first-order chi connectivity index (χ1) is 10.1. The minimum Gasteiger partial charge on any atom is -0.478 e. The third kappa shape index (κ3) is 1.92. The number of hydrogen-bond acceptors (Lipinski definition) is 2. The van der Waals surface area contributed by atoms with E-state index in [0.717, 1.165) is 30.3 Å². The summed E-state index contributed by atoms with van der Waals surface area (Å²) in [5.74, 6) is -0.972. The Labute approximate surface area is 122 Å². The van der Waals surface area contributed by atoms with Crippen molar-refractivity contribution in [3.05, 3.63) is 35.0 Å². The zero-order valence-corrected chi connectivity index (χ0v) is 12.2. The van der Waals surface area contributed by atoms with E-state index in [9.17, 15) is 14.7 Å². The molecule has 0 saturated heterocycles. The summed E-state index contributed by atoms with van der Waals surface area (Å²) >= 11 is 0. The zero-order valence-electron chi connectivity index (χ0n) is 12.2. The average Bonchev–Trinajstić information content (AvgIpc) is 2.71. The summed E-state index contributed by atoms with van der Waals surface area (Å²) < 4.78 is 1.86. The fourth-order valence-electron chi connectivity index (χ4n) is 3.24. The van der Waals surface area contributed by atoms with E-state index in [4.69, 9.17) is 0 Å². The molecule has 0 fully saturated rings. The number of nitrogens with zero attached hydrogens (tertiary/aromatic N) is 2. The number of rotatable bonds is 2.